The number of carboxylic acids is 1. The fraction of sp³-hybridized carbons (Fsp3) is 0.667. The number of aliphatic carboxylic acids is 1. The van der Waals surface area contributed by atoms with Crippen molar-refractivity contribution in [2.75, 3.05) is 18.9 Å². The molecule has 0 aromatic rings. The summed E-state index contributed by atoms with van der Waals surface area (Å²) < 4.78 is 0. The summed E-state index contributed by atoms with van der Waals surface area (Å²) in [6.45, 7) is -0.562. The molecule has 0 aliphatic carbocycles. The van der Waals surface area contributed by atoms with Crippen LogP contribution in [-0.4, -0.2) is 87.8 Å². The summed E-state index contributed by atoms with van der Waals surface area (Å²) in [5.41, 5.74) is 10.4. The van der Waals surface area contributed by atoms with Gasteiger partial charge in [-0.1, -0.05) is 0 Å². The fourth-order valence-electron chi connectivity index (χ4n) is 2.73. The summed E-state index contributed by atoms with van der Waals surface area (Å²) in [4.78, 5) is 60.0. The number of aliphatic hydroxyl groups is 1. The van der Waals surface area contributed by atoms with Crippen LogP contribution in [0.2, 0.25) is 0 Å². The molecule has 0 bridgehead atoms. The van der Waals surface area contributed by atoms with Crippen LogP contribution in [0.5, 0.6) is 0 Å². The number of hydrogen-bond acceptors (Lipinski definition) is 8. The zero-order valence-electron chi connectivity index (χ0n) is 15.0. The monoisotopic (exact) mass is 419 g/mol. The van der Waals surface area contributed by atoms with Crippen molar-refractivity contribution in [3.8, 4) is 0 Å². The molecule has 1 saturated heterocycles. The van der Waals surface area contributed by atoms with Gasteiger partial charge in [-0.2, -0.15) is 12.6 Å². The summed E-state index contributed by atoms with van der Waals surface area (Å²) >= 11 is 4.01. The molecule has 1 aliphatic heterocycles. The van der Waals surface area contributed by atoms with Gasteiger partial charge >= 0.3 is 5.97 Å². The Hall–Kier alpha value is -2.38. The predicted octanol–water partition coefficient (Wildman–Crippen LogP) is -3.84. The minimum absolute atomic E-state index is 0.124. The van der Waals surface area contributed by atoms with Crippen molar-refractivity contribution in [2.45, 2.75) is 43.4 Å². The van der Waals surface area contributed by atoms with Gasteiger partial charge in [0.05, 0.1) is 19.1 Å². The Labute approximate surface area is 166 Å². The fourth-order valence-corrected chi connectivity index (χ4v) is 2.97. The van der Waals surface area contributed by atoms with Gasteiger partial charge in [0.1, 0.15) is 18.1 Å². The molecule has 158 valence electrons. The highest BCUT2D eigenvalue weighted by Gasteiger charge is 2.38. The van der Waals surface area contributed by atoms with Crippen LogP contribution < -0.4 is 22.1 Å². The van der Waals surface area contributed by atoms with Crippen LogP contribution in [0, 0.1) is 0 Å². The first-order valence-electron chi connectivity index (χ1n) is 8.52. The summed E-state index contributed by atoms with van der Waals surface area (Å²) in [6.07, 6.45) is 0.374. The molecule has 0 aromatic carbocycles. The maximum atomic E-state index is 12.6. The Kier molecular flexibility index (Phi) is 9.15. The molecule has 1 aliphatic rings. The van der Waals surface area contributed by atoms with Gasteiger partial charge in [-0.3, -0.25) is 19.2 Å². The minimum atomic E-state index is -1.43. The molecule has 0 spiro atoms. The molecule has 0 saturated carbocycles. The van der Waals surface area contributed by atoms with Crippen molar-refractivity contribution >= 4 is 42.2 Å². The van der Waals surface area contributed by atoms with E-state index in [2.05, 4.69) is 23.3 Å². The normalized spacial score (nSPS) is 19.4. The molecule has 4 amide bonds. The SMILES string of the molecule is NC(=O)CC(N)C(=O)NC(CO)C(=O)NC(CS)C(=O)N1CCCC1C(=O)O. The molecule has 12 nitrogen and oxygen atoms in total. The summed E-state index contributed by atoms with van der Waals surface area (Å²) in [6, 6.07) is -4.87. The molecule has 1 heterocycles. The number of aliphatic hydroxyl groups excluding tert-OH is 1. The second-order valence-electron chi connectivity index (χ2n) is 6.29. The smallest absolute Gasteiger partial charge is 0.326 e. The van der Waals surface area contributed by atoms with Gasteiger partial charge in [-0.15, -0.1) is 0 Å². The maximum Gasteiger partial charge on any atom is 0.326 e. The number of carboxylic acid groups (broad SMARTS) is 1. The molecule has 0 aromatic heterocycles. The third kappa shape index (κ3) is 6.35. The van der Waals surface area contributed by atoms with Gasteiger partial charge in [0.25, 0.3) is 0 Å². The van der Waals surface area contributed by atoms with E-state index in [0.717, 1.165) is 4.90 Å². The Morgan fingerprint density at radius 3 is 2.25 bits per heavy atom. The van der Waals surface area contributed by atoms with Crippen molar-refractivity contribution in [1.29, 1.82) is 0 Å². The summed E-state index contributed by atoms with van der Waals surface area (Å²) in [7, 11) is 0. The average Bonchev–Trinajstić information content (AvgIpc) is 3.12. The highest BCUT2D eigenvalue weighted by molar-refractivity contribution is 7.80. The molecule has 1 fully saturated rings. The van der Waals surface area contributed by atoms with E-state index in [0.29, 0.717) is 12.8 Å². The van der Waals surface area contributed by atoms with E-state index in [1.807, 2.05) is 0 Å². The molecule has 4 unspecified atom stereocenters. The van der Waals surface area contributed by atoms with Crippen LogP contribution in [0.25, 0.3) is 0 Å². The molecule has 4 atom stereocenters. The zero-order chi connectivity index (χ0) is 21.4. The van der Waals surface area contributed by atoms with Gasteiger partial charge in [0.15, 0.2) is 0 Å². The number of rotatable bonds is 10. The van der Waals surface area contributed by atoms with E-state index in [9.17, 15) is 34.2 Å². The van der Waals surface area contributed by atoms with Crippen LogP contribution in [0.4, 0.5) is 0 Å². The molecular weight excluding hydrogens is 394 g/mol. The van der Waals surface area contributed by atoms with E-state index in [4.69, 9.17) is 11.5 Å². The van der Waals surface area contributed by atoms with Crippen molar-refractivity contribution in [3.05, 3.63) is 0 Å². The summed E-state index contributed by atoms with van der Waals surface area (Å²) in [5.74, 6) is -4.47. The standard InChI is InChI=1S/C15H25N5O7S/c16-7(4-11(17)22)12(23)18-8(5-21)13(24)19-9(6-28)14(25)20-3-1-2-10(20)15(26)27/h7-10,21,28H,1-6,16H2,(H2,17,22)(H,18,23)(H,19,24)(H,26,27). The number of carbonyl (C=O) groups excluding carboxylic acids is 4. The third-order valence-electron chi connectivity index (χ3n) is 4.19. The number of likely N-dealkylation sites (tertiary alicyclic amines) is 1. The quantitative estimate of drug-likeness (QED) is 0.174. The van der Waals surface area contributed by atoms with Crippen LogP contribution in [0.1, 0.15) is 19.3 Å². The number of nitrogens with zero attached hydrogens (tertiary/aromatic N) is 1. The van der Waals surface area contributed by atoms with E-state index in [1.165, 1.54) is 0 Å². The largest absolute Gasteiger partial charge is 0.480 e. The molecule has 8 N–H and O–H groups in total. The van der Waals surface area contributed by atoms with Gasteiger partial charge in [0.2, 0.25) is 23.6 Å². The average molecular weight is 419 g/mol. The first-order valence-corrected chi connectivity index (χ1v) is 9.15. The Morgan fingerprint density at radius 1 is 1.14 bits per heavy atom. The van der Waals surface area contributed by atoms with E-state index < -0.39 is 66.8 Å². The first-order chi connectivity index (χ1) is 13.1. The Balaban J connectivity index is 2.75. The number of nitrogens with one attached hydrogen (secondary N) is 2. The molecule has 13 heteroatoms. The van der Waals surface area contributed by atoms with Crippen LogP contribution in [0.3, 0.4) is 0 Å². The van der Waals surface area contributed by atoms with Crippen molar-refractivity contribution in [1.82, 2.24) is 15.5 Å². The summed E-state index contributed by atoms with van der Waals surface area (Å²) in [5, 5.41) is 23.0. The number of hydrogen-bond donors (Lipinski definition) is 7. The minimum Gasteiger partial charge on any atom is -0.480 e. The molecule has 1 rings (SSSR count). The van der Waals surface area contributed by atoms with E-state index in [1.54, 1.807) is 0 Å². The topological polar surface area (TPSA) is 205 Å². The van der Waals surface area contributed by atoms with Crippen molar-refractivity contribution < 1.29 is 34.2 Å². The molecular formula is C15H25N5O7S. The van der Waals surface area contributed by atoms with Crippen LogP contribution in [0.15, 0.2) is 0 Å². The number of thiol groups is 1. The Bertz CT molecular complexity index is 632. The van der Waals surface area contributed by atoms with Crippen molar-refractivity contribution in [2.24, 2.45) is 11.5 Å². The number of primary amides is 1. The third-order valence-corrected chi connectivity index (χ3v) is 4.56. The highest BCUT2D eigenvalue weighted by atomic mass is 32.1. The second kappa shape index (κ2) is 10.8. The highest BCUT2D eigenvalue weighted by Crippen LogP contribution is 2.18. The first kappa shape index (κ1) is 23.7. The zero-order valence-corrected chi connectivity index (χ0v) is 15.9. The molecule has 28 heavy (non-hydrogen) atoms. The van der Waals surface area contributed by atoms with Crippen LogP contribution in [-0.2, 0) is 24.0 Å². The van der Waals surface area contributed by atoms with Gasteiger partial charge in [-0.05, 0) is 12.8 Å². The van der Waals surface area contributed by atoms with Crippen LogP contribution >= 0.6 is 12.6 Å². The van der Waals surface area contributed by atoms with Gasteiger partial charge in [0, 0.05) is 12.3 Å². The lowest BCUT2D eigenvalue weighted by Crippen LogP contribution is -2.58. The van der Waals surface area contributed by atoms with Gasteiger partial charge < -0.3 is 37.2 Å². The molecule has 0 radical (unpaired) electrons. The lowest BCUT2D eigenvalue weighted by molar-refractivity contribution is -0.149. The Morgan fingerprint density at radius 2 is 1.75 bits per heavy atom. The predicted molar refractivity (Wildman–Crippen MR) is 99.0 cm³/mol. The number of amides is 4. The second-order valence-corrected chi connectivity index (χ2v) is 6.66. The number of nitrogens with two attached hydrogens (primary N) is 2. The van der Waals surface area contributed by atoms with Gasteiger partial charge in [-0.25, -0.2) is 4.79 Å². The number of carbonyl (C=O) groups is 5. The van der Waals surface area contributed by atoms with E-state index in [-0.39, 0.29) is 12.3 Å². The van der Waals surface area contributed by atoms with E-state index >= 15 is 0 Å². The lowest BCUT2D eigenvalue weighted by atomic mass is 10.1. The van der Waals surface area contributed by atoms with Crippen molar-refractivity contribution in [3.63, 3.8) is 0 Å². The maximum absolute atomic E-state index is 12.6. The lowest BCUT2D eigenvalue weighted by Gasteiger charge is -2.27.